The zero-order valence-corrected chi connectivity index (χ0v) is 17.7. The monoisotopic (exact) mass is 398 g/mol. The Morgan fingerprint density at radius 2 is 2.14 bits per heavy atom. The summed E-state index contributed by atoms with van der Waals surface area (Å²) in [4.78, 5) is 20.1. The fourth-order valence-electron chi connectivity index (χ4n) is 5.44. The number of hydrogen-bond acceptors (Lipinski definition) is 6. The van der Waals surface area contributed by atoms with E-state index in [9.17, 15) is 4.79 Å². The van der Waals surface area contributed by atoms with Gasteiger partial charge < -0.3 is 14.2 Å². The van der Waals surface area contributed by atoms with Crippen LogP contribution in [0.15, 0.2) is 35.0 Å². The van der Waals surface area contributed by atoms with Gasteiger partial charge in [-0.2, -0.15) is 0 Å². The molecule has 0 N–H and O–H groups in total. The molecule has 0 aromatic heterocycles. The lowest BCUT2D eigenvalue weighted by molar-refractivity contribution is -0.137. The maximum absolute atomic E-state index is 12.5. The van der Waals surface area contributed by atoms with Crippen molar-refractivity contribution in [1.82, 2.24) is 4.90 Å². The van der Waals surface area contributed by atoms with Crippen LogP contribution in [-0.4, -0.2) is 57.0 Å². The second kappa shape index (κ2) is 8.19. The van der Waals surface area contributed by atoms with E-state index in [1.165, 1.54) is 18.4 Å². The molecule has 0 bridgehead atoms. The average Bonchev–Trinajstić information content (AvgIpc) is 3.15. The quantitative estimate of drug-likeness (QED) is 0.430. The summed E-state index contributed by atoms with van der Waals surface area (Å²) in [6, 6.07) is 6.33. The number of carbonyl (C=O) groups is 1. The van der Waals surface area contributed by atoms with E-state index in [4.69, 9.17) is 19.2 Å². The Kier molecular flexibility index (Phi) is 5.63. The molecule has 0 aliphatic carbocycles. The van der Waals surface area contributed by atoms with E-state index in [-0.39, 0.29) is 17.9 Å². The first kappa shape index (κ1) is 20.0. The molecule has 4 unspecified atom stereocenters. The summed E-state index contributed by atoms with van der Waals surface area (Å²) in [5, 5.41) is 0. The summed E-state index contributed by atoms with van der Waals surface area (Å²) in [5.41, 5.74) is 4.11. The topological polar surface area (TPSA) is 60.4 Å². The van der Waals surface area contributed by atoms with Gasteiger partial charge in [0.05, 0.1) is 38.9 Å². The standard InChI is InChI=1S/C23H30N2O4/c1-5-14-12-25-10-9-15-21-18(7-6-8-20(21)28-3)24-22(15)19(25)11-16(14)17(13-27-2)23(26)29-4/h6-8,13-16,19H,5,9-12H2,1-4H3/b17-13+. The Morgan fingerprint density at radius 3 is 2.83 bits per heavy atom. The summed E-state index contributed by atoms with van der Waals surface area (Å²) in [5.74, 6) is 1.42. The van der Waals surface area contributed by atoms with Crippen LogP contribution < -0.4 is 4.74 Å². The molecule has 1 aromatic carbocycles. The Labute approximate surface area is 172 Å². The van der Waals surface area contributed by atoms with Gasteiger partial charge >= 0.3 is 5.97 Å². The smallest absolute Gasteiger partial charge is 0.337 e. The van der Waals surface area contributed by atoms with E-state index in [1.807, 2.05) is 12.1 Å². The van der Waals surface area contributed by atoms with Gasteiger partial charge in [0.25, 0.3) is 0 Å². The number of benzene rings is 1. The van der Waals surface area contributed by atoms with Crippen LogP contribution in [0.5, 0.6) is 5.75 Å². The number of rotatable bonds is 5. The summed E-state index contributed by atoms with van der Waals surface area (Å²) in [6.45, 7) is 4.19. The number of ether oxygens (including phenoxy) is 3. The number of aliphatic imine (C=N–C) groups is 1. The van der Waals surface area contributed by atoms with Crippen LogP contribution >= 0.6 is 0 Å². The van der Waals surface area contributed by atoms with Crippen molar-refractivity contribution in [2.75, 3.05) is 34.4 Å². The van der Waals surface area contributed by atoms with Crippen molar-refractivity contribution >= 4 is 17.4 Å². The highest BCUT2D eigenvalue weighted by Crippen LogP contribution is 2.49. The minimum atomic E-state index is -0.297. The average molecular weight is 399 g/mol. The molecule has 0 amide bonds. The number of methoxy groups -OCH3 is 3. The largest absolute Gasteiger partial charge is 0.504 e. The number of esters is 1. The lowest BCUT2D eigenvalue weighted by atomic mass is 9.71. The molecule has 3 aliphatic heterocycles. The van der Waals surface area contributed by atoms with Gasteiger partial charge in [0.2, 0.25) is 0 Å². The molecule has 6 nitrogen and oxygen atoms in total. The van der Waals surface area contributed by atoms with Crippen molar-refractivity contribution in [2.45, 2.75) is 38.1 Å². The molecular weight excluding hydrogens is 368 g/mol. The van der Waals surface area contributed by atoms with Crippen LogP contribution in [0.25, 0.3) is 0 Å². The minimum absolute atomic E-state index is 0.0979. The molecule has 156 valence electrons. The van der Waals surface area contributed by atoms with Gasteiger partial charge in [-0.3, -0.25) is 9.89 Å². The van der Waals surface area contributed by atoms with Gasteiger partial charge in [0, 0.05) is 29.8 Å². The molecule has 4 rings (SSSR count). The zero-order chi connectivity index (χ0) is 20.5. The normalized spacial score (nSPS) is 28.7. The van der Waals surface area contributed by atoms with Crippen LogP contribution in [-0.2, 0) is 14.3 Å². The van der Waals surface area contributed by atoms with E-state index < -0.39 is 0 Å². The predicted octanol–water partition coefficient (Wildman–Crippen LogP) is 3.69. The molecule has 2 fully saturated rings. The van der Waals surface area contributed by atoms with Crippen LogP contribution in [0.1, 0.15) is 37.7 Å². The van der Waals surface area contributed by atoms with Crippen LogP contribution in [0.2, 0.25) is 0 Å². The van der Waals surface area contributed by atoms with Gasteiger partial charge in [-0.05, 0) is 43.4 Å². The summed E-state index contributed by atoms with van der Waals surface area (Å²) >= 11 is 0. The van der Waals surface area contributed by atoms with Crippen LogP contribution in [0, 0.1) is 11.8 Å². The van der Waals surface area contributed by atoms with Crippen LogP contribution in [0.3, 0.4) is 0 Å². The first-order chi connectivity index (χ1) is 14.1. The van der Waals surface area contributed by atoms with Crippen molar-refractivity contribution < 1.29 is 19.0 Å². The first-order valence-corrected chi connectivity index (χ1v) is 10.4. The van der Waals surface area contributed by atoms with Crippen molar-refractivity contribution in [3.63, 3.8) is 0 Å². The highest BCUT2D eigenvalue weighted by Gasteiger charge is 2.47. The zero-order valence-electron chi connectivity index (χ0n) is 17.7. The van der Waals surface area contributed by atoms with Gasteiger partial charge in [0.1, 0.15) is 5.75 Å². The second-order valence-corrected chi connectivity index (χ2v) is 8.09. The number of piperidine rings is 2. The molecule has 2 saturated heterocycles. The third kappa shape index (κ3) is 3.33. The molecule has 3 aliphatic rings. The van der Waals surface area contributed by atoms with Gasteiger partial charge in [0.15, 0.2) is 0 Å². The number of carbonyl (C=O) groups excluding carboxylic acids is 1. The highest BCUT2D eigenvalue weighted by molar-refractivity contribution is 6.03. The lowest BCUT2D eigenvalue weighted by Gasteiger charge is -2.48. The number of fused-ring (bicyclic) bond motifs is 5. The van der Waals surface area contributed by atoms with E-state index in [1.54, 1.807) is 20.5 Å². The highest BCUT2D eigenvalue weighted by atomic mass is 16.5. The number of hydrogen-bond donors (Lipinski definition) is 0. The minimum Gasteiger partial charge on any atom is -0.504 e. The Hall–Kier alpha value is -2.34. The van der Waals surface area contributed by atoms with Crippen molar-refractivity contribution in [1.29, 1.82) is 0 Å². The SMILES string of the molecule is CCC1CN2CCC3C(=Nc4cccc(OC)c43)C2CC1/C(=C\OC)C(=O)OC. The molecule has 0 spiro atoms. The van der Waals surface area contributed by atoms with Crippen LogP contribution in [0.4, 0.5) is 5.69 Å². The summed E-state index contributed by atoms with van der Waals surface area (Å²) in [7, 11) is 4.74. The maximum atomic E-state index is 12.5. The molecule has 4 atom stereocenters. The summed E-state index contributed by atoms with van der Waals surface area (Å²) < 4.78 is 16.0. The van der Waals surface area contributed by atoms with Crippen molar-refractivity contribution in [2.24, 2.45) is 16.8 Å². The van der Waals surface area contributed by atoms with Gasteiger partial charge in [-0.25, -0.2) is 4.79 Å². The van der Waals surface area contributed by atoms with E-state index in [0.29, 0.717) is 17.4 Å². The van der Waals surface area contributed by atoms with Gasteiger partial charge in [-0.15, -0.1) is 0 Å². The molecule has 0 radical (unpaired) electrons. The molecule has 29 heavy (non-hydrogen) atoms. The lowest BCUT2D eigenvalue weighted by Crippen LogP contribution is -2.55. The van der Waals surface area contributed by atoms with E-state index in [0.717, 1.165) is 43.8 Å². The molecule has 1 aromatic rings. The molecular formula is C23H30N2O4. The van der Waals surface area contributed by atoms with Gasteiger partial charge in [-0.1, -0.05) is 19.4 Å². The second-order valence-electron chi connectivity index (χ2n) is 8.09. The van der Waals surface area contributed by atoms with E-state index >= 15 is 0 Å². The third-order valence-corrected chi connectivity index (χ3v) is 6.81. The maximum Gasteiger partial charge on any atom is 0.337 e. The summed E-state index contributed by atoms with van der Waals surface area (Å²) in [6.07, 6.45) is 4.50. The molecule has 0 saturated carbocycles. The molecule has 6 heteroatoms. The Balaban J connectivity index is 1.68. The predicted molar refractivity (Wildman–Crippen MR) is 112 cm³/mol. The molecule has 3 heterocycles. The van der Waals surface area contributed by atoms with E-state index in [2.05, 4.69) is 17.9 Å². The number of nitrogens with zero attached hydrogens (tertiary/aromatic N) is 2. The fraction of sp³-hybridized carbons (Fsp3) is 0.565. The van der Waals surface area contributed by atoms with Crippen molar-refractivity contribution in [3.05, 3.63) is 35.6 Å². The Bertz CT molecular complexity index is 847. The first-order valence-electron chi connectivity index (χ1n) is 10.4. The third-order valence-electron chi connectivity index (χ3n) is 6.81. The Morgan fingerprint density at radius 1 is 1.31 bits per heavy atom. The fourth-order valence-corrected chi connectivity index (χ4v) is 5.44. The van der Waals surface area contributed by atoms with Crippen molar-refractivity contribution in [3.8, 4) is 5.75 Å².